The summed E-state index contributed by atoms with van der Waals surface area (Å²) < 4.78 is 0. The third-order valence-electron chi connectivity index (χ3n) is 5.11. The molecule has 1 aromatic heterocycles. The van der Waals surface area contributed by atoms with Crippen LogP contribution in [-0.2, 0) is 6.42 Å². The number of anilines is 1. The first-order chi connectivity index (χ1) is 11.2. The molecule has 0 radical (unpaired) electrons. The fourth-order valence-corrected chi connectivity index (χ4v) is 4.05. The topological polar surface area (TPSA) is 56.7 Å². The van der Waals surface area contributed by atoms with Gasteiger partial charge in [0, 0.05) is 31.2 Å². The zero-order valence-electron chi connectivity index (χ0n) is 12.8. The Bertz CT molecular complexity index is 707. The summed E-state index contributed by atoms with van der Waals surface area (Å²) in [4.78, 5) is 19.5. The summed E-state index contributed by atoms with van der Waals surface area (Å²) in [6.45, 7) is 2.05. The van der Waals surface area contributed by atoms with Gasteiger partial charge in [-0.3, -0.25) is 4.98 Å². The number of carboxylic acid groups (broad SMARTS) is 1. The Hall–Kier alpha value is -2.56. The van der Waals surface area contributed by atoms with Crippen molar-refractivity contribution in [3.05, 3.63) is 60.4 Å². The van der Waals surface area contributed by atoms with Gasteiger partial charge >= 0.3 is 6.09 Å². The maximum absolute atomic E-state index is 11.5. The number of aromatic nitrogens is 1. The number of likely N-dealkylation sites (tertiary alicyclic amines) is 1. The molecule has 2 atom stereocenters. The van der Waals surface area contributed by atoms with Crippen molar-refractivity contribution < 1.29 is 9.90 Å². The van der Waals surface area contributed by atoms with E-state index >= 15 is 0 Å². The van der Waals surface area contributed by atoms with Crippen LogP contribution >= 0.6 is 0 Å². The van der Waals surface area contributed by atoms with Crippen LogP contribution in [0.4, 0.5) is 10.5 Å². The van der Waals surface area contributed by atoms with Gasteiger partial charge in [0.2, 0.25) is 0 Å². The second-order valence-electron chi connectivity index (χ2n) is 6.54. The number of fused-ring (bicyclic) bond motifs is 1. The quantitative estimate of drug-likeness (QED) is 0.946. The molecule has 2 saturated heterocycles. The van der Waals surface area contributed by atoms with Crippen LogP contribution in [0.25, 0.3) is 0 Å². The zero-order valence-corrected chi connectivity index (χ0v) is 12.8. The van der Waals surface area contributed by atoms with Crippen molar-refractivity contribution >= 4 is 11.8 Å². The molecule has 1 aromatic carbocycles. The highest BCUT2D eigenvalue weighted by Crippen LogP contribution is 2.48. The minimum atomic E-state index is -0.821. The van der Waals surface area contributed by atoms with Crippen molar-refractivity contribution in [2.45, 2.75) is 12.5 Å². The Morgan fingerprint density at radius 1 is 1.22 bits per heavy atom. The molecule has 5 heteroatoms. The van der Waals surface area contributed by atoms with Gasteiger partial charge in [-0.2, -0.15) is 0 Å². The molecule has 0 spiro atoms. The fraction of sp³-hybridized carbons (Fsp3) is 0.333. The molecule has 23 heavy (non-hydrogen) atoms. The predicted octanol–water partition coefficient (Wildman–Crippen LogP) is 2.49. The number of carbonyl (C=O) groups is 1. The van der Waals surface area contributed by atoms with Crippen LogP contribution in [0.2, 0.25) is 0 Å². The number of benzene rings is 1. The SMILES string of the molecule is O=C(O)N1CC2N(c3cccnc3)CC2(Cc2ccccc2)C1. The van der Waals surface area contributed by atoms with Crippen molar-refractivity contribution in [1.29, 1.82) is 0 Å². The minimum Gasteiger partial charge on any atom is -0.465 e. The van der Waals surface area contributed by atoms with Crippen LogP contribution in [0.5, 0.6) is 0 Å². The van der Waals surface area contributed by atoms with E-state index in [9.17, 15) is 9.90 Å². The highest BCUT2D eigenvalue weighted by atomic mass is 16.4. The lowest BCUT2D eigenvalue weighted by molar-refractivity contribution is 0.144. The van der Waals surface area contributed by atoms with E-state index in [1.165, 1.54) is 5.56 Å². The smallest absolute Gasteiger partial charge is 0.407 e. The summed E-state index contributed by atoms with van der Waals surface area (Å²) >= 11 is 0. The number of hydrogen-bond donors (Lipinski definition) is 1. The standard InChI is InChI=1S/C18H19N3O2/c22-17(23)20-11-16-18(12-20,9-14-5-2-1-3-6-14)13-21(16)15-7-4-8-19-10-15/h1-8,10,16H,9,11-13H2,(H,22,23). The Kier molecular flexibility index (Phi) is 3.22. The summed E-state index contributed by atoms with van der Waals surface area (Å²) in [6, 6.07) is 14.6. The van der Waals surface area contributed by atoms with Crippen molar-refractivity contribution in [1.82, 2.24) is 9.88 Å². The molecule has 1 N–H and O–H groups in total. The second-order valence-corrected chi connectivity index (χ2v) is 6.54. The first-order valence-electron chi connectivity index (χ1n) is 7.86. The second kappa shape index (κ2) is 5.26. The normalized spacial score (nSPS) is 25.8. The van der Waals surface area contributed by atoms with Crippen molar-refractivity contribution in [3.8, 4) is 0 Å². The Morgan fingerprint density at radius 2 is 2.04 bits per heavy atom. The molecule has 0 bridgehead atoms. The van der Waals surface area contributed by atoms with E-state index in [0.29, 0.717) is 13.1 Å². The number of nitrogens with zero attached hydrogens (tertiary/aromatic N) is 3. The van der Waals surface area contributed by atoms with Gasteiger partial charge in [-0.15, -0.1) is 0 Å². The molecule has 0 aliphatic carbocycles. The van der Waals surface area contributed by atoms with E-state index in [4.69, 9.17) is 0 Å². The molecule has 5 nitrogen and oxygen atoms in total. The van der Waals surface area contributed by atoms with Crippen molar-refractivity contribution in [2.75, 3.05) is 24.5 Å². The van der Waals surface area contributed by atoms with Crippen molar-refractivity contribution in [2.24, 2.45) is 5.41 Å². The molecule has 2 aromatic rings. The lowest BCUT2D eigenvalue weighted by atomic mass is 9.69. The van der Waals surface area contributed by atoms with Crippen LogP contribution in [0.1, 0.15) is 5.56 Å². The lowest BCUT2D eigenvalue weighted by Gasteiger charge is -2.54. The summed E-state index contributed by atoms with van der Waals surface area (Å²) in [5.41, 5.74) is 2.36. The van der Waals surface area contributed by atoms with Crippen molar-refractivity contribution in [3.63, 3.8) is 0 Å². The Balaban J connectivity index is 1.61. The molecule has 3 heterocycles. The highest BCUT2D eigenvalue weighted by Gasteiger charge is 2.58. The number of rotatable bonds is 3. The van der Waals surface area contributed by atoms with Crippen LogP contribution in [0.3, 0.4) is 0 Å². The maximum atomic E-state index is 11.5. The molecular formula is C18H19N3O2. The summed E-state index contributed by atoms with van der Waals surface area (Å²) in [5.74, 6) is 0. The summed E-state index contributed by atoms with van der Waals surface area (Å²) in [6.07, 6.45) is 3.71. The first-order valence-corrected chi connectivity index (χ1v) is 7.86. The Morgan fingerprint density at radius 3 is 2.74 bits per heavy atom. The Labute approximate surface area is 135 Å². The van der Waals surface area contributed by atoms with Gasteiger partial charge in [-0.25, -0.2) is 4.79 Å². The number of amides is 1. The number of hydrogen-bond acceptors (Lipinski definition) is 3. The molecule has 4 rings (SSSR count). The molecule has 0 saturated carbocycles. The van der Waals surface area contributed by atoms with Gasteiger partial charge in [-0.1, -0.05) is 30.3 Å². The maximum Gasteiger partial charge on any atom is 0.407 e. The van der Waals surface area contributed by atoms with Gasteiger partial charge < -0.3 is 14.9 Å². The van der Waals surface area contributed by atoms with Crippen LogP contribution in [-0.4, -0.2) is 46.8 Å². The van der Waals surface area contributed by atoms with Crippen LogP contribution in [0.15, 0.2) is 54.9 Å². The molecule has 2 fully saturated rings. The average molecular weight is 309 g/mol. The van der Waals surface area contributed by atoms with E-state index in [1.54, 1.807) is 11.1 Å². The molecule has 2 aliphatic rings. The van der Waals surface area contributed by atoms with Gasteiger partial charge in [0.15, 0.2) is 0 Å². The lowest BCUT2D eigenvalue weighted by Crippen LogP contribution is -2.65. The third kappa shape index (κ3) is 2.32. The molecule has 2 aliphatic heterocycles. The van der Waals surface area contributed by atoms with Gasteiger partial charge in [0.25, 0.3) is 0 Å². The predicted molar refractivity (Wildman–Crippen MR) is 87.5 cm³/mol. The summed E-state index contributed by atoms with van der Waals surface area (Å²) in [7, 11) is 0. The zero-order chi connectivity index (χ0) is 15.9. The van der Waals surface area contributed by atoms with Crippen LogP contribution < -0.4 is 4.90 Å². The minimum absolute atomic E-state index is 0.00951. The molecule has 2 unspecified atom stereocenters. The molecule has 1 amide bonds. The largest absolute Gasteiger partial charge is 0.465 e. The van der Waals surface area contributed by atoms with E-state index in [-0.39, 0.29) is 11.5 Å². The van der Waals surface area contributed by atoms with E-state index < -0.39 is 6.09 Å². The van der Waals surface area contributed by atoms with E-state index in [2.05, 4.69) is 22.0 Å². The number of pyridine rings is 1. The van der Waals surface area contributed by atoms with E-state index in [0.717, 1.165) is 18.7 Å². The van der Waals surface area contributed by atoms with Crippen LogP contribution in [0, 0.1) is 5.41 Å². The third-order valence-corrected chi connectivity index (χ3v) is 5.11. The van der Waals surface area contributed by atoms with Gasteiger partial charge in [0.1, 0.15) is 0 Å². The van der Waals surface area contributed by atoms with Gasteiger partial charge in [-0.05, 0) is 24.1 Å². The fourth-order valence-electron chi connectivity index (χ4n) is 4.05. The summed E-state index contributed by atoms with van der Waals surface area (Å²) in [5, 5.41) is 9.41. The first kappa shape index (κ1) is 14.1. The molecule has 118 valence electrons. The van der Waals surface area contributed by atoms with E-state index in [1.807, 2.05) is 36.5 Å². The van der Waals surface area contributed by atoms with Gasteiger partial charge in [0.05, 0.1) is 17.9 Å². The average Bonchev–Trinajstić information content (AvgIpc) is 2.84. The highest BCUT2D eigenvalue weighted by molar-refractivity contribution is 5.67. The molecular weight excluding hydrogens is 290 g/mol. The monoisotopic (exact) mass is 309 g/mol.